The molecule has 0 rings (SSSR count). The maximum atomic E-state index is 12.6. The molecule has 0 heterocycles. The van der Waals surface area contributed by atoms with E-state index in [1.54, 1.807) is 0 Å². The van der Waals surface area contributed by atoms with Gasteiger partial charge in [-0.3, -0.25) is 0 Å². The maximum absolute atomic E-state index is 12.6. The van der Waals surface area contributed by atoms with Crippen LogP contribution in [0.2, 0.25) is 0 Å². The molecule has 0 aliphatic rings. The molecule has 0 amide bonds. The Bertz CT molecular complexity index is 118. The van der Waals surface area contributed by atoms with Crippen LogP contribution < -0.4 is 0 Å². The minimum absolute atomic E-state index is 0.0494. The Kier molecular flexibility index (Phi) is 5.07. The first kappa shape index (κ1) is 12.2. The summed E-state index contributed by atoms with van der Waals surface area (Å²) in [6.07, 6.45) is 0.696. The third-order valence-electron chi connectivity index (χ3n) is 1.67. The van der Waals surface area contributed by atoms with Gasteiger partial charge in [-0.25, -0.2) is 8.78 Å². The highest BCUT2D eigenvalue weighted by Crippen LogP contribution is 2.27. The van der Waals surface area contributed by atoms with Crippen LogP contribution in [0.25, 0.3) is 0 Å². The largest absolute Gasteiger partial charge is 0.245 e. The molecule has 0 aromatic carbocycles. The number of halogens is 3. The average Bonchev–Trinajstić information content (AvgIpc) is 1.82. The lowest BCUT2D eigenvalue weighted by atomic mass is 9.93. The van der Waals surface area contributed by atoms with Crippen molar-refractivity contribution in [3.8, 4) is 0 Å². The highest BCUT2D eigenvalue weighted by Gasteiger charge is 2.26. The first-order valence-corrected chi connectivity index (χ1v) is 4.82. The summed E-state index contributed by atoms with van der Waals surface area (Å²) in [5.41, 5.74) is 0. The molecule has 0 radical (unpaired) electrons. The van der Waals surface area contributed by atoms with Crippen LogP contribution in [-0.2, 0) is 0 Å². The summed E-state index contributed by atoms with van der Waals surface area (Å²) in [5.74, 6) is -1.85. The Balaban J connectivity index is 3.83. The Labute approximate surface area is 78.3 Å². The van der Waals surface area contributed by atoms with Crippen molar-refractivity contribution in [1.82, 2.24) is 0 Å². The van der Waals surface area contributed by atoms with Crippen molar-refractivity contribution >= 4 is 11.6 Å². The van der Waals surface area contributed by atoms with Gasteiger partial charge in [0.1, 0.15) is 0 Å². The van der Waals surface area contributed by atoms with Crippen LogP contribution in [0.3, 0.4) is 0 Å². The second kappa shape index (κ2) is 5.00. The van der Waals surface area contributed by atoms with Crippen molar-refractivity contribution in [3.63, 3.8) is 0 Å². The monoisotopic (exact) mass is 198 g/mol. The van der Waals surface area contributed by atoms with Gasteiger partial charge in [-0.2, -0.15) is 0 Å². The van der Waals surface area contributed by atoms with Crippen molar-refractivity contribution in [1.29, 1.82) is 0 Å². The molecule has 0 aliphatic carbocycles. The second-order valence-corrected chi connectivity index (χ2v) is 4.23. The molecule has 1 atom stereocenters. The second-order valence-electron chi connectivity index (χ2n) is 3.92. The molecule has 0 fully saturated rings. The fourth-order valence-electron chi connectivity index (χ4n) is 1.37. The molecule has 12 heavy (non-hydrogen) atoms. The van der Waals surface area contributed by atoms with E-state index in [9.17, 15) is 8.78 Å². The van der Waals surface area contributed by atoms with Gasteiger partial charge >= 0.3 is 0 Å². The molecular weight excluding hydrogens is 182 g/mol. The number of hydrogen-bond donors (Lipinski definition) is 0. The average molecular weight is 199 g/mol. The zero-order chi connectivity index (χ0) is 9.78. The minimum Gasteiger partial charge on any atom is -0.207 e. The van der Waals surface area contributed by atoms with Crippen molar-refractivity contribution in [2.75, 3.05) is 5.88 Å². The van der Waals surface area contributed by atoms with Crippen LogP contribution in [0.5, 0.6) is 0 Å². The third kappa shape index (κ3) is 6.84. The van der Waals surface area contributed by atoms with Crippen LogP contribution in [0, 0.1) is 11.8 Å². The van der Waals surface area contributed by atoms with Crippen molar-refractivity contribution in [2.45, 2.75) is 39.5 Å². The zero-order valence-corrected chi connectivity index (χ0v) is 8.67. The standard InChI is InChI=1S/C9H17ClF2/c1-7(2)4-8(6-10)5-9(3,11)12/h7-8H,4-6H2,1-3H3. The van der Waals surface area contributed by atoms with Gasteiger partial charge in [-0.15, -0.1) is 11.6 Å². The highest BCUT2D eigenvalue weighted by molar-refractivity contribution is 6.18. The molecular formula is C9H17ClF2. The van der Waals surface area contributed by atoms with E-state index >= 15 is 0 Å². The van der Waals surface area contributed by atoms with E-state index in [1.807, 2.05) is 13.8 Å². The Morgan fingerprint density at radius 3 is 2.08 bits per heavy atom. The lowest BCUT2D eigenvalue weighted by Gasteiger charge is -2.19. The highest BCUT2D eigenvalue weighted by atomic mass is 35.5. The molecule has 0 saturated carbocycles. The van der Waals surface area contributed by atoms with Crippen LogP contribution >= 0.6 is 11.6 Å². The third-order valence-corrected chi connectivity index (χ3v) is 2.11. The van der Waals surface area contributed by atoms with E-state index in [0.29, 0.717) is 11.8 Å². The number of hydrogen-bond acceptors (Lipinski definition) is 0. The van der Waals surface area contributed by atoms with Gasteiger partial charge in [-0.05, 0) is 25.2 Å². The van der Waals surface area contributed by atoms with E-state index in [-0.39, 0.29) is 12.3 Å². The fraction of sp³-hybridized carbons (Fsp3) is 1.00. The summed E-state index contributed by atoms with van der Waals surface area (Å²) in [4.78, 5) is 0. The normalized spacial score (nSPS) is 15.2. The molecule has 0 N–H and O–H groups in total. The van der Waals surface area contributed by atoms with Crippen LogP contribution in [0.4, 0.5) is 8.78 Å². The Hall–Kier alpha value is 0.150. The fourth-order valence-corrected chi connectivity index (χ4v) is 1.61. The van der Waals surface area contributed by atoms with Crippen molar-refractivity contribution in [3.05, 3.63) is 0 Å². The lowest BCUT2D eigenvalue weighted by Crippen LogP contribution is -2.19. The zero-order valence-electron chi connectivity index (χ0n) is 7.91. The maximum Gasteiger partial charge on any atom is 0.245 e. The number of alkyl halides is 3. The summed E-state index contributed by atoms with van der Waals surface area (Å²) >= 11 is 5.58. The van der Waals surface area contributed by atoms with Gasteiger partial charge in [0.05, 0.1) is 0 Å². The summed E-state index contributed by atoms with van der Waals surface area (Å²) in [5, 5.41) is 0. The predicted octanol–water partition coefficient (Wildman–Crippen LogP) is 3.93. The molecule has 1 unspecified atom stereocenters. The smallest absolute Gasteiger partial charge is 0.207 e. The molecule has 0 bridgehead atoms. The minimum atomic E-state index is -2.57. The summed E-state index contributed by atoms with van der Waals surface area (Å²) in [6, 6.07) is 0. The summed E-state index contributed by atoms with van der Waals surface area (Å²) in [6.45, 7) is 4.99. The Morgan fingerprint density at radius 1 is 1.33 bits per heavy atom. The van der Waals surface area contributed by atoms with Gasteiger partial charge in [0, 0.05) is 12.3 Å². The molecule has 0 spiro atoms. The molecule has 74 valence electrons. The Morgan fingerprint density at radius 2 is 1.83 bits per heavy atom. The van der Waals surface area contributed by atoms with Crippen LogP contribution in [0.1, 0.15) is 33.6 Å². The van der Waals surface area contributed by atoms with E-state index < -0.39 is 5.92 Å². The molecule has 0 aromatic rings. The van der Waals surface area contributed by atoms with Gasteiger partial charge < -0.3 is 0 Å². The van der Waals surface area contributed by atoms with Crippen LogP contribution in [0.15, 0.2) is 0 Å². The first-order valence-electron chi connectivity index (χ1n) is 4.29. The van der Waals surface area contributed by atoms with E-state index in [1.165, 1.54) is 0 Å². The van der Waals surface area contributed by atoms with Gasteiger partial charge in [0.25, 0.3) is 0 Å². The van der Waals surface area contributed by atoms with Gasteiger partial charge in [-0.1, -0.05) is 13.8 Å². The predicted molar refractivity (Wildman–Crippen MR) is 48.9 cm³/mol. The molecule has 0 saturated heterocycles. The van der Waals surface area contributed by atoms with E-state index in [4.69, 9.17) is 11.6 Å². The van der Waals surface area contributed by atoms with Crippen LogP contribution in [-0.4, -0.2) is 11.8 Å². The molecule has 0 aromatic heterocycles. The van der Waals surface area contributed by atoms with E-state index in [0.717, 1.165) is 13.3 Å². The molecule has 3 heteroatoms. The van der Waals surface area contributed by atoms with Gasteiger partial charge in [0.15, 0.2) is 0 Å². The summed E-state index contributed by atoms with van der Waals surface area (Å²) < 4.78 is 25.1. The van der Waals surface area contributed by atoms with Crippen molar-refractivity contribution < 1.29 is 8.78 Å². The molecule has 0 aliphatic heterocycles. The summed E-state index contributed by atoms with van der Waals surface area (Å²) in [7, 11) is 0. The first-order chi connectivity index (χ1) is 5.35. The number of rotatable bonds is 5. The van der Waals surface area contributed by atoms with Crippen molar-refractivity contribution in [2.24, 2.45) is 11.8 Å². The molecule has 0 nitrogen and oxygen atoms in total. The SMILES string of the molecule is CC(C)CC(CCl)CC(C)(F)F. The van der Waals surface area contributed by atoms with E-state index in [2.05, 4.69) is 0 Å². The lowest BCUT2D eigenvalue weighted by molar-refractivity contribution is -0.00314. The topological polar surface area (TPSA) is 0 Å². The quantitative estimate of drug-likeness (QED) is 0.588. The van der Waals surface area contributed by atoms with Gasteiger partial charge in [0.2, 0.25) is 5.92 Å².